The predicted molar refractivity (Wildman–Crippen MR) is 72.7 cm³/mol. The Morgan fingerprint density at radius 3 is 2.94 bits per heavy atom. The number of hydrogen-bond donors (Lipinski definition) is 1. The van der Waals surface area contributed by atoms with Gasteiger partial charge in [0.05, 0.1) is 5.69 Å². The van der Waals surface area contributed by atoms with E-state index in [1.165, 1.54) is 19.3 Å². The van der Waals surface area contributed by atoms with E-state index < -0.39 is 0 Å². The predicted octanol–water partition coefficient (Wildman–Crippen LogP) is 2.27. The average Bonchev–Trinajstić information content (AvgIpc) is 2.31. The minimum absolute atomic E-state index is 0.0339. The molecule has 1 atom stereocenters. The summed E-state index contributed by atoms with van der Waals surface area (Å²) >= 11 is 0. The molecule has 18 heavy (non-hydrogen) atoms. The summed E-state index contributed by atoms with van der Waals surface area (Å²) in [6, 6.07) is 2.23. The second-order valence-electron chi connectivity index (χ2n) is 5.59. The molecule has 4 nitrogen and oxygen atoms in total. The lowest BCUT2D eigenvalue weighted by Crippen LogP contribution is -2.37. The van der Waals surface area contributed by atoms with Crippen molar-refractivity contribution < 1.29 is 0 Å². The summed E-state index contributed by atoms with van der Waals surface area (Å²) in [4.78, 5) is 21.4. The fourth-order valence-electron chi connectivity index (χ4n) is 2.48. The molecule has 0 radical (unpaired) electrons. The molecule has 0 bridgehead atoms. The summed E-state index contributed by atoms with van der Waals surface area (Å²) < 4.78 is 0. The summed E-state index contributed by atoms with van der Waals surface area (Å²) in [5.74, 6) is 1.05. The van der Waals surface area contributed by atoms with Crippen LogP contribution in [0.5, 0.6) is 0 Å². The maximum absolute atomic E-state index is 11.6. The third-order valence-electron chi connectivity index (χ3n) is 3.67. The molecular formula is C14H23N3O. The number of H-pyrrole nitrogens is 1. The number of hydrogen-bond acceptors (Lipinski definition) is 3. The average molecular weight is 249 g/mol. The van der Waals surface area contributed by atoms with Gasteiger partial charge in [-0.3, -0.25) is 9.69 Å². The molecular weight excluding hydrogens is 226 g/mol. The van der Waals surface area contributed by atoms with Gasteiger partial charge in [0.1, 0.15) is 5.82 Å². The number of nitrogens with zero attached hydrogens (tertiary/aromatic N) is 2. The van der Waals surface area contributed by atoms with Gasteiger partial charge in [-0.2, -0.15) is 0 Å². The second kappa shape index (κ2) is 5.65. The molecule has 0 amide bonds. The Balaban J connectivity index is 2.15. The molecule has 4 heteroatoms. The smallest absolute Gasteiger partial charge is 0.251 e. The molecule has 1 aromatic rings. The zero-order chi connectivity index (χ0) is 13.1. The molecule has 2 rings (SSSR count). The Labute approximate surface area is 108 Å². The van der Waals surface area contributed by atoms with Crippen LogP contribution in [0.3, 0.4) is 0 Å². The minimum atomic E-state index is -0.0339. The lowest BCUT2D eigenvalue weighted by molar-refractivity contribution is 0.150. The van der Waals surface area contributed by atoms with Crippen molar-refractivity contribution in [1.82, 2.24) is 14.9 Å². The number of piperidine rings is 1. The van der Waals surface area contributed by atoms with Crippen LogP contribution in [-0.2, 0) is 6.54 Å². The molecule has 1 aliphatic rings. The first-order valence-corrected chi connectivity index (χ1v) is 6.90. The highest BCUT2D eigenvalue weighted by molar-refractivity contribution is 5.05. The van der Waals surface area contributed by atoms with E-state index in [4.69, 9.17) is 0 Å². The highest BCUT2D eigenvalue weighted by Crippen LogP contribution is 2.18. The number of nitrogens with one attached hydrogen (secondary N) is 1. The zero-order valence-electron chi connectivity index (χ0n) is 11.6. The number of aromatic amines is 1. The highest BCUT2D eigenvalue weighted by atomic mass is 16.1. The van der Waals surface area contributed by atoms with Crippen molar-refractivity contribution in [3.63, 3.8) is 0 Å². The summed E-state index contributed by atoms with van der Waals surface area (Å²) in [6.07, 6.45) is 3.82. The lowest BCUT2D eigenvalue weighted by atomic mass is 10.0. The Kier molecular flexibility index (Phi) is 4.17. The van der Waals surface area contributed by atoms with Crippen molar-refractivity contribution in [2.75, 3.05) is 6.54 Å². The van der Waals surface area contributed by atoms with Gasteiger partial charge in [-0.15, -0.1) is 0 Å². The first-order chi connectivity index (χ1) is 8.56. The SMILES string of the molecule is CC(C)c1nc(CN2CCCC[C@@H]2C)cc(=O)[nH]1. The van der Waals surface area contributed by atoms with Crippen LogP contribution in [-0.4, -0.2) is 27.5 Å². The van der Waals surface area contributed by atoms with Crippen molar-refractivity contribution in [3.8, 4) is 0 Å². The second-order valence-corrected chi connectivity index (χ2v) is 5.59. The fraction of sp³-hybridized carbons (Fsp3) is 0.714. The monoisotopic (exact) mass is 249 g/mol. The van der Waals surface area contributed by atoms with E-state index in [1.807, 2.05) is 13.8 Å². The van der Waals surface area contributed by atoms with Crippen LogP contribution in [0.4, 0.5) is 0 Å². The molecule has 1 aromatic heterocycles. The van der Waals surface area contributed by atoms with E-state index in [1.54, 1.807) is 6.07 Å². The van der Waals surface area contributed by atoms with Crippen LogP contribution in [0.2, 0.25) is 0 Å². The Morgan fingerprint density at radius 2 is 2.28 bits per heavy atom. The first kappa shape index (κ1) is 13.3. The van der Waals surface area contributed by atoms with Crippen molar-refractivity contribution in [1.29, 1.82) is 0 Å². The zero-order valence-corrected chi connectivity index (χ0v) is 11.6. The van der Waals surface area contributed by atoms with E-state index in [9.17, 15) is 4.79 Å². The number of likely N-dealkylation sites (tertiary alicyclic amines) is 1. The van der Waals surface area contributed by atoms with Crippen molar-refractivity contribution in [2.45, 2.75) is 58.5 Å². The maximum atomic E-state index is 11.6. The van der Waals surface area contributed by atoms with Gasteiger partial charge in [0, 0.05) is 24.6 Å². The Morgan fingerprint density at radius 1 is 1.50 bits per heavy atom. The summed E-state index contributed by atoms with van der Waals surface area (Å²) in [5, 5.41) is 0. The van der Waals surface area contributed by atoms with Gasteiger partial charge in [-0.25, -0.2) is 4.98 Å². The number of aromatic nitrogens is 2. The highest BCUT2D eigenvalue weighted by Gasteiger charge is 2.19. The lowest BCUT2D eigenvalue weighted by Gasteiger charge is -2.32. The van der Waals surface area contributed by atoms with E-state index in [0.29, 0.717) is 6.04 Å². The largest absolute Gasteiger partial charge is 0.310 e. The standard InChI is InChI=1S/C14H23N3O/c1-10(2)14-15-12(8-13(18)16-14)9-17-7-5-4-6-11(17)3/h8,10-11H,4-7,9H2,1-3H3,(H,15,16,18)/t11-/m0/s1. The van der Waals surface area contributed by atoms with E-state index in [-0.39, 0.29) is 11.5 Å². The molecule has 0 spiro atoms. The van der Waals surface area contributed by atoms with E-state index in [2.05, 4.69) is 21.8 Å². The van der Waals surface area contributed by atoms with Crippen LogP contribution < -0.4 is 5.56 Å². The van der Waals surface area contributed by atoms with Gasteiger partial charge in [-0.05, 0) is 26.3 Å². The summed E-state index contributed by atoms with van der Waals surface area (Å²) in [5.41, 5.74) is 0.865. The molecule has 1 fully saturated rings. The maximum Gasteiger partial charge on any atom is 0.251 e. The first-order valence-electron chi connectivity index (χ1n) is 6.90. The van der Waals surface area contributed by atoms with Crippen LogP contribution in [0, 0.1) is 0 Å². The molecule has 1 aliphatic heterocycles. The molecule has 1 N–H and O–H groups in total. The Hall–Kier alpha value is -1.16. The van der Waals surface area contributed by atoms with Gasteiger partial charge in [0.25, 0.3) is 5.56 Å². The molecule has 0 aromatic carbocycles. The van der Waals surface area contributed by atoms with Gasteiger partial charge in [0.2, 0.25) is 0 Å². The van der Waals surface area contributed by atoms with Gasteiger partial charge in [-0.1, -0.05) is 20.3 Å². The van der Waals surface area contributed by atoms with Crippen LogP contribution in [0.25, 0.3) is 0 Å². The van der Waals surface area contributed by atoms with Crippen molar-refractivity contribution in [2.24, 2.45) is 0 Å². The molecule has 0 unspecified atom stereocenters. The van der Waals surface area contributed by atoms with Crippen molar-refractivity contribution in [3.05, 3.63) is 27.9 Å². The van der Waals surface area contributed by atoms with Gasteiger partial charge in [0.15, 0.2) is 0 Å². The molecule has 100 valence electrons. The summed E-state index contributed by atoms with van der Waals surface area (Å²) in [6.45, 7) is 8.27. The molecule has 0 saturated carbocycles. The summed E-state index contributed by atoms with van der Waals surface area (Å²) in [7, 11) is 0. The third kappa shape index (κ3) is 3.19. The fourth-order valence-corrected chi connectivity index (χ4v) is 2.48. The van der Waals surface area contributed by atoms with Crippen molar-refractivity contribution >= 4 is 0 Å². The van der Waals surface area contributed by atoms with Gasteiger partial charge >= 0.3 is 0 Å². The van der Waals surface area contributed by atoms with Crippen LogP contribution >= 0.6 is 0 Å². The van der Waals surface area contributed by atoms with E-state index >= 15 is 0 Å². The van der Waals surface area contributed by atoms with Gasteiger partial charge < -0.3 is 4.98 Å². The molecule has 2 heterocycles. The van der Waals surface area contributed by atoms with Crippen LogP contribution in [0.1, 0.15) is 57.5 Å². The minimum Gasteiger partial charge on any atom is -0.310 e. The topological polar surface area (TPSA) is 49.0 Å². The van der Waals surface area contributed by atoms with E-state index in [0.717, 1.165) is 24.6 Å². The third-order valence-corrected chi connectivity index (χ3v) is 3.67. The van der Waals surface area contributed by atoms with Crippen LogP contribution in [0.15, 0.2) is 10.9 Å². The molecule has 1 saturated heterocycles. The number of rotatable bonds is 3. The molecule has 0 aliphatic carbocycles. The quantitative estimate of drug-likeness (QED) is 0.894. The normalized spacial score (nSPS) is 21.4. The Bertz CT molecular complexity index is 453.